The van der Waals surface area contributed by atoms with Crippen LogP contribution in [-0.4, -0.2) is 162 Å². The number of benzene rings is 2. The second-order valence-corrected chi connectivity index (χ2v) is 13.2. The molecule has 3 aliphatic rings. The summed E-state index contributed by atoms with van der Waals surface area (Å²) in [5, 5.41) is 114. The van der Waals surface area contributed by atoms with Gasteiger partial charge in [0.2, 0.25) is 23.8 Å². The molecule has 54 heavy (non-hydrogen) atoms. The fourth-order valence-electron chi connectivity index (χ4n) is 6.38. The molecule has 3 saturated heterocycles. The van der Waals surface area contributed by atoms with E-state index < -0.39 is 121 Å². The summed E-state index contributed by atoms with van der Waals surface area (Å²) in [6.07, 6.45) is -24.2. The summed E-state index contributed by atoms with van der Waals surface area (Å²) in [6, 6.07) is 5.96. The van der Waals surface area contributed by atoms with Crippen LogP contribution in [0, 0.1) is 0 Å². The molecule has 298 valence electrons. The highest BCUT2D eigenvalue weighted by Crippen LogP contribution is 2.41. The molecule has 0 unspecified atom stereocenters. The van der Waals surface area contributed by atoms with E-state index in [1.54, 1.807) is 0 Å². The van der Waals surface area contributed by atoms with Gasteiger partial charge in [0.1, 0.15) is 77.4 Å². The predicted octanol–water partition coefficient (Wildman–Crippen LogP) is -2.88. The summed E-state index contributed by atoms with van der Waals surface area (Å²) in [4.78, 5) is 14.1. The fourth-order valence-corrected chi connectivity index (χ4v) is 6.38. The zero-order valence-electron chi connectivity index (χ0n) is 28.8. The Hall–Kier alpha value is -3.87. The van der Waals surface area contributed by atoms with Crippen LogP contribution >= 0.6 is 0 Å². The Labute approximate surface area is 305 Å². The molecule has 0 bridgehead atoms. The fraction of sp³-hybridized carbons (Fsp3) is 0.559. The summed E-state index contributed by atoms with van der Waals surface area (Å²) < 4.78 is 45.4. The first-order valence-corrected chi connectivity index (χ1v) is 16.8. The van der Waals surface area contributed by atoms with Gasteiger partial charge in [-0.1, -0.05) is 0 Å². The topological polar surface area (TPSA) is 317 Å². The maximum atomic E-state index is 14.1. The van der Waals surface area contributed by atoms with Crippen LogP contribution in [0.1, 0.15) is 13.8 Å². The molecular weight excluding hydrogens is 728 g/mol. The SMILES string of the molecule is COc1cc(-c2oc3cc(O[C@@H]4O[C@@H](C)[C@H](O)[C@@H](O)[C@H]4O[C@@H]4O[C@H](CO)[C@@H](O)[C@H](O)[C@H]4O)cc(O)c3c(=O)c2O[C@@H]2O[C@@H](C)[C@H](O)[C@@H](O)[C@H]2O)ccc1O. The zero-order chi connectivity index (χ0) is 39.3. The number of hydrogen-bond acceptors (Lipinski definition) is 20. The first-order chi connectivity index (χ1) is 25.6. The number of hydrogen-bond donors (Lipinski definition) is 11. The van der Waals surface area contributed by atoms with Crippen LogP contribution in [0.3, 0.4) is 0 Å². The Morgan fingerprint density at radius 1 is 0.685 bits per heavy atom. The third-order valence-electron chi connectivity index (χ3n) is 9.57. The van der Waals surface area contributed by atoms with Gasteiger partial charge in [-0.25, -0.2) is 0 Å². The molecule has 0 saturated carbocycles. The van der Waals surface area contributed by atoms with E-state index in [0.717, 1.165) is 12.1 Å². The summed E-state index contributed by atoms with van der Waals surface area (Å²) >= 11 is 0. The van der Waals surface area contributed by atoms with Gasteiger partial charge >= 0.3 is 0 Å². The molecule has 11 N–H and O–H groups in total. The largest absolute Gasteiger partial charge is 0.507 e. The monoisotopic (exact) mass is 770 g/mol. The maximum absolute atomic E-state index is 14.1. The van der Waals surface area contributed by atoms with Crippen molar-refractivity contribution in [2.24, 2.45) is 0 Å². The van der Waals surface area contributed by atoms with Crippen molar-refractivity contribution in [2.75, 3.05) is 13.7 Å². The Bertz CT molecular complexity index is 1850. The summed E-state index contributed by atoms with van der Waals surface area (Å²) in [5.74, 6) is -2.26. The quantitative estimate of drug-likeness (QED) is 0.104. The highest BCUT2D eigenvalue weighted by atomic mass is 16.8. The number of aliphatic hydroxyl groups is 9. The minimum absolute atomic E-state index is 0.0444. The Balaban J connectivity index is 1.40. The van der Waals surface area contributed by atoms with Gasteiger partial charge in [-0.05, 0) is 32.0 Å². The van der Waals surface area contributed by atoms with Crippen LogP contribution in [0.5, 0.6) is 28.7 Å². The van der Waals surface area contributed by atoms with Crippen LogP contribution in [0.4, 0.5) is 0 Å². The van der Waals surface area contributed by atoms with Gasteiger partial charge in [-0.15, -0.1) is 0 Å². The number of ether oxygens (including phenoxy) is 7. The molecule has 3 aliphatic heterocycles. The molecule has 3 fully saturated rings. The molecule has 0 spiro atoms. The number of methoxy groups -OCH3 is 1. The molecule has 20 heteroatoms. The van der Waals surface area contributed by atoms with Gasteiger partial charge in [0, 0.05) is 17.7 Å². The van der Waals surface area contributed by atoms with Crippen molar-refractivity contribution < 1.29 is 93.7 Å². The standard InChI is InChI=1S/C34H42O20/c1-10-20(38)24(42)27(45)32(48-10)53-30-23(41)19-15(37)7-13(8-17(19)51-29(30)12-4-5-14(36)16(6-12)47-3)50-34-31(26(44)21(39)11(2)49-34)54-33-28(46)25(43)22(40)18(9-35)52-33/h4-8,10-11,18,20-22,24-28,31-40,42-46H,9H2,1-3H3/t10-,11-,18+,20-,21-,22+,24+,25-,26+,27+,28+,31+,32-,33-,34-/m0/s1. The van der Waals surface area contributed by atoms with Crippen molar-refractivity contribution >= 4 is 11.0 Å². The Morgan fingerprint density at radius 3 is 1.98 bits per heavy atom. The summed E-state index contributed by atoms with van der Waals surface area (Å²) in [6.45, 7) is 2.02. The van der Waals surface area contributed by atoms with Crippen LogP contribution in [0.25, 0.3) is 22.3 Å². The lowest BCUT2D eigenvalue weighted by Crippen LogP contribution is -2.64. The van der Waals surface area contributed by atoms with Crippen molar-refractivity contribution in [3.63, 3.8) is 0 Å². The van der Waals surface area contributed by atoms with E-state index >= 15 is 0 Å². The average Bonchev–Trinajstić information content (AvgIpc) is 3.14. The molecular formula is C34H42O20. The van der Waals surface area contributed by atoms with E-state index in [1.165, 1.54) is 39.2 Å². The minimum atomic E-state index is -1.89. The van der Waals surface area contributed by atoms with Gasteiger partial charge in [-0.2, -0.15) is 0 Å². The molecule has 15 atom stereocenters. The predicted molar refractivity (Wildman–Crippen MR) is 176 cm³/mol. The highest BCUT2D eigenvalue weighted by Gasteiger charge is 2.51. The van der Waals surface area contributed by atoms with Crippen LogP contribution < -0.4 is 19.6 Å². The molecule has 2 aromatic carbocycles. The van der Waals surface area contributed by atoms with Crippen LogP contribution in [0.15, 0.2) is 39.5 Å². The van der Waals surface area contributed by atoms with Crippen molar-refractivity contribution in [1.29, 1.82) is 0 Å². The summed E-state index contributed by atoms with van der Waals surface area (Å²) in [7, 11) is 1.27. The maximum Gasteiger partial charge on any atom is 0.239 e. The second kappa shape index (κ2) is 15.7. The normalized spacial score (nSPS) is 37.2. The first kappa shape index (κ1) is 39.8. The van der Waals surface area contributed by atoms with E-state index in [2.05, 4.69) is 0 Å². The lowest BCUT2D eigenvalue weighted by molar-refractivity contribution is -0.355. The number of fused-ring (bicyclic) bond motifs is 1. The zero-order valence-corrected chi connectivity index (χ0v) is 28.8. The molecule has 4 heterocycles. The van der Waals surface area contributed by atoms with E-state index in [1.807, 2.05) is 0 Å². The molecule has 20 nitrogen and oxygen atoms in total. The Kier molecular flexibility index (Phi) is 11.6. The van der Waals surface area contributed by atoms with Crippen molar-refractivity contribution in [1.82, 2.24) is 0 Å². The number of phenols is 2. The third-order valence-corrected chi connectivity index (χ3v) is 9.57. The smallest absolute Gasteiger partial charge is 0.239 e. The number of aromatic hydroxyl groups is 2. The van der Waals surface area contributed by atoms with Gasteiger partial charge in [-0.3, -0.25) is 4.79 Å². The lowest BCUT2D eigenvalue weighted by Gasteiger charge is -2.45. The van der Waals surface area contributed by atoms with E-state index in [4.69, 9.17) is 37.6 Å². The summed E-state index contributed by atoms with van der Waals surface area (Å²) in [5.41, 5.74) is -1.25. The Morgan fingerprint density at radius 2 is 1.31 bits per heavy atom. The average molecular weight is 771 g/mol. The molecule has 3 aromatic rings. The number of rotatable bonds is 9. The van der Waals surface area contributed by atoms with E-state index in [0.29, 0.717) is 0 Å². The van der Waals surface area contributed by atoms with Crippen molar-refractivity contribution in [3.8, 4) is 40.1 Å². The molecule has 0 amide bonds. The van der Waals surface area contributed by atoms with Crippen molar-refractivity contribution in [3.05, 3.63) is 40.6 Å². The minimum Gasteiger partial charge on any atom is -0.507 e. The van der Waals surface area contributed by atoms with Crippen molar-refractivity contribution in [2.45, 2.75) is 106 Å². The molecule has 0 radical (unpaired) electrons. The second-order valence-electron chi connectivity index (χ2n) is 13.2. The van der Waals surface area contributed by atoms with Crippen LogP contribution in [0.2, 0.25) is 0 Å². The first-order valence-electron chi connectivity index (χ1n) is 16.8. The molecule has 0 aliphatic carbocycles. The highest BCUT2D eigenvalue weighted by molar-refractivity contribution is 5.88. The number of aliphatic hydroxyl groups excluding tert-OH is 9. The molecule has 1 aromatic heterocycles. The van der Waals surface area contributed by atoms with Gasteiger partial charge in [0.15, 0.2) is 29.7 Å². The van der Waals surface area contributed by atoms with Crippen LogP contribution in [-0.2, 0) is 18.9 Å². The van der Waals surface area contributed by atoms with Gasteiger partial charge < -0.3 is 93.7 Å². The molecule has 6 rings (SSSR count). The van der Waals surface area contributed by atoms with E-state index in [-0.39, 0.29) is 34.2 Å². The van der Waals surface area contributed by atoms with Gasteiger partial charge in [0.25, 0.3) is 0 Å². The van der Waals surface area contributed by atoms with Gasteiger partial charge in [0.05, 0.1) is 25.9 Å². The van der Waals surface area contributed by atoms with E-state index in [9.17, 15) is 61.0 Å². The third kappa shape index (κ3) is 7.29. The number of phenolic OH excluding ortho intramolecular Hbond substituents is 2. The lowest BCUT2D eigenvalue weighted by atomic mass is 9.97.